The molecule has 13 heteroatoms. The standard InChI is InChI=1S/C21H29N3O4.C6H12O4.C2H5NO/c1-3-4-5-13-27-15-16-28-14-12-22-21(26)23-18-7-9-19(10-8-18)24-17(2)6-11-20(24)25;7-3-5-6(9)4(8)1-2-10-5;1-2(3)4/h6-11H,2-5,12-16H2,1H3,(H2,22,23,26);4-9H,1-3H2;1H3,(H2,3,4). The van der Waals surface area contributed by atoms with Gasteiger partial charge in [-0.15, -0.1) is 0 Å². The van der Waals surface area contributed by atoms with Crippen molar-refractivity contribution in [3.8, 4) is 0 Å². The lowest BCUT2D eigenvalue weighted by molar-refractivity contribution is -0.147. The fourth-order valence-corrected chi connectivity index (χ4v) is 3.65. The summed E-state index contributed by atoms with van der Waals surface area (Å²) in [5, 5.41) is 32.2. The number of allylic oxidation sites excluding steroid dienone is 1. The summed E-state index contributed by atoms with van der Waals surface area (Å²) in [6.07, 6.45) is 4.75. The van der Waals surface area contributed by atoms with Crippen molar-refractivity contribution in [2.75, 3.05) is 56.4 Å². The van der Waals surface area contributed by atoms with Gasteiger partial charge in [-0.3, -0.25) is 14.5 Å². The molecular weight excluding hydrogens is 548 g/mol. The van der Waals surface area contributed by atoms with E-state index in [0.29, 0.717) is 56.5 Å². The molecule has 7 N–H and O–H groups in total. The van der Waals surface area contributed by atoms with E-state index in [4.69, 9.17) is 29.5 Å². The van der Waals surface area contributed by atoms with E-state index in [1.54, 1.807) is 30.3 Å². The van der Waals surface area contributed by atoms with E-state index in [-0.39, 0.29) is 24.5 Å². The lowest BCUT2D eigenvalue weighted by Gasteiger charge is -2.30. The molecule has 42 heavy (non-hydrogen) atoms. The summed E-state index contributed by atoms with van der Waals surface area (Å²) in [7, 11) is 0. The van der Waals surface area contributed by atoms with Crippen molar-refractivity contribution in [1.29, 1.82) is 0 Å². The Hall–Kier alpha value is -3.33. The van der Waals surface area contributed by atoms with Crippen molar-refractivity contribution in [3.63, 3.8) is 0 Å². The fraction of sp³-hybridized carbons (Fsp3) is 0.552. The number of aliphatic hydroxyl groups is 3. The largest absolute Gasteiger partial charge is 0.394 e. The Kier molecular flexibility index (Phi) is 18.7. The molecule has 2 heterocycles. The number of anilines is 2. The molecule has 236 valence electrons. The number of ether oxygens (including phenoxy) is 3. The number of aliphatic hydroxyl groups excluding tert-OH is 3. The van der Waals surface area contributed by atoms with E-state index in [1.807, 2.05) is 0 Å². The van der Waals surface area contributed by atoms with Crippen LogP contribution in [0.4, 0.5) is 16.2 Å². The van der Waals surface area contributed by atoms with Crippen LogP contribution in [0.3, 0.4) is 0 Å². The number of nitrogens with zero attached hydrogens (tertiary/aromatic N) is 1. The third kappa shape index (κ3) is 15.1. The number of unbranched alkanes of at least 4 members (excludes halogenated alkanes) is 2. The van der Waals surface area contributed by atoms with E-state index in [2.05, 4.69) is 29.9 Å². The van der Waals surface area contributed by atoms with Gasteiger partial charge >= 0.3 is 6.03 Å². The smallest absolute Gasteiger partial charge is 0.319 e. The molecule has 4 amide bonds. The van der Waals surface area contributed by atoms with E-state index in [0.717, 1.165) is 13.0 Å². The molecule has 0 aliphatic carbocycles. The fourth-order valence-electron chi connectivity index (χ4n) is 3.65. The zero-order chi connectivity index (χ0) is 31.3. The van der Waals surface area contributed by atoms with E-state index < -0.39 is 18.3 Å². The first kappa shape index (κ1) is 36.7. The quantitative estimate of drug-likeness (QED) is 0.183. The lowest BCUT2D eigenvalue weighted by atomic mass is 10.0. The van der Waals surface area contributed by atoms with Gasteiger partial charge in [0.2, 0.25) is 5.91 Å². The van der Waals surface area contributed by atoms with Crippen molar-refractivity contribution >= 4 is 29.2 Å². The predicted molar refractivity (Wildman–Crippen MR) is 159 cm³/mol. The second-order valence-corrected chi connectivity index (χ2v) is 9.41. The summed E-state index contributed by atoms with van der Waals surface area (Å²) in [6, 6.07) is 6.68. The Morgan fingerprint density at radius 3 is 2.29 bits per heavy atom. The summed E-state index contributed by atoms with van der Waals surface area (Å²) >= 11 is 0. The molecule has 0 bridgehead atoms. The monoisotopic (exact) mass is 594 g/mol. The Bertz CT molecular complexity index is 966. The van der Waals surface area contributed by atoms with Crippen LogP contribution >= 0.6 is 0 Å². The number of hydrogen-bond donors (Lipinski definition) is 6. The number of carbonyl (C=O) groups excluding carboxylic acids is 3. The molecule has 2 aliphatic heterocycles. The molecule has 3 atom stereocenters. The number of nitrogens with one attached hydrogen (secondary N) is 2. The van der Waals surface area contributed by atoms with Crippen molar-refractivity contribution in [3.05, 3.63) is 48.7 Å². The van der Waals surface area contributed by atoms with Crippen molar-refractivity contribution in [1.82, 2.24) is 5.32 Å². The summed E-state index contributed by atoms with van der Waals surface area (Å²) in [6.45, 7) is 10.2. The number of hydrogen-bond acceptors (Lipinski definition) is 9. The van der Waals surface area contributed by atoms with E-state index in [9.17, 15) is 14.4 Å². The van der Waals surface area contributed by atoms with Crippen LogP contribution in [0, 0.1) is 0 Å². The molecule has 13 nitrogen and oxygen atoms in total. The van der Waals surface area contributed by atoms with Crippen molar-refractivity contribution in [2.45, 2.75) is 57.8 Å². The summed E-state index contributed by atoms with van der Waals surface area (Å²) in [5.74, 6) is -0.463. The molecule has 1 aromatic rings. The number of amides is 4. The lowest BCUT2D eigenvalue weighted by Crippen LogP contribution is -2.46. The summed E-state index contributed by atoms with van der Waals surface area (Å²) in [4.78, 5) is 34.4. The summed E-state index contributed by atoms with van der Waals surface area (Å²) < 4.78 is 15.8. The van der Waals surface area contributed by atoms with Gasteiger partial charge in [0.25, 0.3) is 5.91 Å². The number of primary amides is 1. The Labute approximate surface area is 247 Å². The highest BCUT2D eigenvalue weighted by molar-refractivity contribution is 6.08. The van der Waals surface area contributed by atoms with Crippen LogP contribution in [0.25, 0.3) is 0 Å². The van der Waals surface area contributed by atoms with Gasteiger partial charge in [0.1, 0.15) is 12.2 Å². The second-order valence-electron chi connectivity index (χ2n) is 9.41. The third-order valence-electron chi connectivity index (χ3n) is 5.81. The molecule has 0 spiro atoms. The maximum absolute atomic E-state index is 11.9. The highest BCUT2D eigenvalue weighted by atomic mass is 16.5. The highest BCUT2D eigenvalue weighted by Crippen LogP contribution is 2.25. The van der Waals surface area contributed by atoms with Gasteiger partial charge in [-0.05, 0) is 43.2 Å². The van der Waals surface area contributed by atoms with Crippen molar-refractivity contribution in [2.24, 2.45) is 5.73 Å². The first-order chi connectivity index (χ1) is 20.1. The summed E-state index contributed by atoms with van der Waals surface area (Å²) in [5.41, 5.74) is 6.43. The van der Waals surface area contributed by atoms with Crippen LogP contribution in [0.5, 0.6) is 0 Å². The van der Waals surface area contributed by atoms with Crippen LogP contribution in [0.2, 0.25) is 0 Å². The number of benzene rings is 1. The molecule has 3 rings (SSSR count). The van der Waals surface area contributed by atoms with Crippen LogP contribution in [0.15, 0.2) is 48.7 Å². The normalized spacial score (nSPS) is 19.4. The number of nitrogens with two attached hydrogens (primary N) is 1. The maximum atomic E-state index is 11.9. The predicted octanol–water partition coefficient (Wildman–Crippen LogP) is 1.43. The zero-order valence-electron chi connectivity index (χ0n) is 24.5. The van der Waals surface area contributed by atoms with E-state index >= 15 is 0 Å². The number of carbonyl (C=O) groups is 3. The molecule has 3 unspecified atom stereocenters. The van der Waals surface area contributed by atoms with Gasteiger partial charge in [-0.2, -0.15) is 0 Å². The molecule has 2 aliphatic rings. The minimum Gasteiger partial charge on any atom is -0.394 e. The van der Waals surface area contributed by atoms with Gasteiger partial charge in [-0.1, -0.05) is 26.3 Å². The first-order valence-corrected chi connectivity index (χ1v) is 14.0. The van der Waals surface area contributed by atoms with Gasteiger partial charge in [-0.25, -0.2) is 4.79 Å². The molecule has 0 radical (unpaired) electrons. The highest BCUT2D eigenvalue weighted by Gasteiger charge is 2.30. The Morgan fingerprint density at radius 2 is 1.74 bits per heavy atom. The molecule has 1 saturated heterocycles. The Balaban J connectivity index is 0.000000517. The average Bonchev–Trinajstić information content (AvgIpc) is 3.29. The molecule has 1 fully saturated rings. The Morgan fingerprint density at radius 1 is 1.10 bits per heavy atom. The van der Waals surface area contributed by atoms with Gasteiger partial charge in [0.05, 0.1) is 32.5 Å². The number of urea groups is 1. The molecule has 1 aromatic carbocycles. The zero-order valence-corrected chi connectivity index (χ0v) is 24.5. The van der Waals surface area contributed by atoms with Gasteiger partial charge in [0.15, 0.2) is 0 Å². The van der Waals surface area contributed by atoms with Crippen molar-refractivity contribution < 1.29 is 43.9 Å². The van der Waals surface area contributed by atoms with Crippen LogP contribution in [-0.2, 0) is 23.8 Å². The second kappa shape index (κ2) is 21.4. The third-order valence-corrected chi connectivity index (χ3v) is 5.81. The minimum atomic E-state index is -0.932. The number of rotatable bonds is 13. The van der Waals surface area contributed by atoms with Crippen LogP contribution < -0.4 is 21.3 Å². The molecular formula is C29H46N4O9. The van der Waals surface area contributed by atoms with E-state index in [1.165, 1.54) is 30.7 Å². The SMILES string of the molecule is C=C1C=CC(=O)N1c1ccc(NC(=O)NCCOCCOCCCCC)cc1.CC(N)=O.OCC1OCCC(O)C1O. The minimum absolute atomic E-state index is 0.130. The van der Waals surface area contributed by atoms with Gasteiger partial charge < -0.3 is 45.9 Å². The van der Waals surface area contributed by atoms with Crippen LogP contribution in [0.1, 0.15) is 39.5 Å². The first-order valence-electron chi connectivity index (χ1n) is 14.0. The molecule has 0 aromatic heterocycles. The maximum Gasteiger partial charge on any atom is 0.319 e. The topological polar surface area (TPSA) is 193 Å². The molecule has 0 saturated carbocycles. The average molecular weight is 595 g/mol. The van der Waals surface area contributed by atoms with Crippen LogP contribution in [-0.4, -0.2) is 97.7 Å². The van der Waals surface area contributed by atoms with Gasteiger partial charge in [0, 0.05) is 49.8 Å².